The third kappa shape index (κ3) is 7.83. The third-order valence-electron chi connectivity index (χ3n) is 6.95. The molecule has 1 saturated carbocycles. The monoisotopic (exact) mass is 526 g/mol. The number of fused-ring (bicyclic) bond motifs is 1. The number of alkyl halides is 3. The Kier molecular flexibility index (Phi) is 8.76. The quantitative estimate of drug-likeness (QED) is 0.484. The maximum Gasteiger partial charge on any atom is 0.422 e. The molecule has 4 rings (SSSR count). The highest BCUT2D eigenvalue weighted by Crippen LogP contribution is 2.32. The zero-order chi connectivity index (χ0) is 25.7. The van der Waals surface area contributed by atoms with Gasteiger partial charge in [0.05, 0.1) is 12.1 Å². The van der Waals surface area contributed by atoms with E-state index in [4.69, 9.17) is 4.74 Å². The van der Waals surface area contributed by atoms with Crippen molar-refractivity contribution in [1.29, 1.82) is 0 Å². The first-order valence-corrected chi connectivity index (χ1v) is 13.3. The van der Waals surface area contributed by atoms with Crippen molar-refractivity contribution in [2.45, 2.75) is 64.5 Å². The number of hydrogen-bond acceptors (Lipinski definition) is 7. The standard InChI is InChI=1S/C24H33F3N6O2S/c1-16-29-21(31-32(16)2)13-22(34)28-14-18-5-3-17(4-6-18)7-10-33-11-8-19-20(9-12-33)36-23(30-19)35-15-24(25,26)27/h14,17-18H,3-13,15H2,1-2H3. The van der Waals surface area contributed by atoms with Gasteiger partial charge in [-0.25, -0.2) is 15.0 Å². The van der Waals surface area contributed by atoms with E-state index in [-0.39, 0.29) is 17.5 Å². The Morgan fingerprint density at radius 3 is 2.64 bits per heavy atom. The summed E-state index contributed by atoms with van der Waals surface area (Å²) >= 11 is 1.24. The van der Waals surface area contributed by atoms with Crippen LogP contribution in [0.5, 0.6) is 5.19 Å². The number of carbonyl (C=O) groups is 1. The molecule has 0 radical (unpaired) electrons. The number of aromatic nitrogens is 4. The predicted molar refractivity (Wildman–Crippen MR) is 131 cm³/mol. The second kappa shape index (κ2) is 11.8. The number of hydrogen-bond donors (Lipinski definition) is 0. The summed E-state index contributed by atoms with van der Waals surface area (Å²) in [5.41, 5.74) is 0.878. The molecule has 0 aromatic carbocycles. The number of nitrogens with zero attached hydrogens (tertiary/aromatic N) is 6. The Morgan fingerprint density at radius 1 is 1.19 bits per heavy atom. The first-order valence-electron chi connectivity index (χ1n) is 12.5. The van der Waals surface area contributed by atoms with Crippen molar-refractivity contribution in [3.63, 3.8) is 0 Å². The maximum absolute atomic E-state index is 12.4. The van der Waals surface area contributed by atoms with Gasteiger partial charge in [0, 0.05) is 37.6 Å². The smallest absolute Gasteiger partial charge is 0.422 e. The van der Waals surface area contributed by atoms with Crippen LogP contribution in [0.4, 0.5) is 13.2 Å². The third-order valence-corrected chi connectivity index (χ3v) is 8.02. The molecule has 0 unspecified atom stereocenters. The number of aliphatic imine (C=N–C) groups is 1. The van der Waals surface area contributed by atoms with Gasteiger partial charge < -0.3 is 9.64 Å². The summed E-state index contributed by atoms with van der Waals surface area (Å²) < 4.78 is 43.6. The van der Waals surface area contributed by atoms with Crippen LogP contribution < -0.4 is 4.74 Å². The van der Waals surface area contributed by atoms with Gasteiger partial charge in [-0.1, -0.05) is 11.3 Å². The molecule has 3 heterocycles. The molecular formula is C24H33F3N6O2S. The topological polar surface area (TPSA) is 85.5 Å². The predicted octanol–water partition coefficient (Wildman–Crippen LogP) is 3.96. The lowest BCUT2D eigenvalue weighted by Gasteiger charge is -2.28. The lowest BCUT2D eigenvalue weighted by molar-refractivity contribution is -0.153. The van der Waals surface area contributed by atoms with Crippen LogP contribution in [0.15, 0.2) is 4.99 Å². The summed E-state index contributed by atoms with van der Waals surface area (Å²) in [5, 5.41) is 4.33. The molecular weight excluding hydrogens is 493 g/mol. The SMILES string of the molecule is Cc1nc(CC(=O)N=CC2CCC(CCN3CCc4nc(OCC(F)(F)F)sc4CC3)CC2)nn1C. The van der Waals surface area contributed by atoms with Crippen LogP contribution in [-0.2, 0) is 31.1 Å². The molecule has 0 N–H and O–H groups in total. The molecule has 198 valence electrons. The molecule has 2 aliphatic rings. The van der Waals surface area contributed by atoms with Gasteiger partial charge in [0.1, 0.15) is 5.82 Å². The lowest BCUT2D eigenvalue weighted by Crippen LogP contribution is -2.29. The van der Waals surface area contributed by atoms with Crippen molar-refractivity contribution in [2.24, 2.45) is 23.9 Å². The number of amides is 1. The number of rotatable bonds is 8. The van der Waals surface area contributed by atoms with Crippen molar-refractivity contribution in [1.82, 2.24) is 24.6 Å². The van der Waals surface area contributed by atoms with E-state index < -0.39 is 12.8 Å². The summed E-state index contributed by atoms with van der Waals surface area (Å²) in [4.78, 5) is 28.3. The van der Waals surface area contributed by atoms with Crippen LogP contribution in [0.2, 0.25) is 0 Å². The number of thiazole rings is 1. The molecule has 36 heavy (non-hydrogen) atoms. The molecule has 1 amide bonds. The van der Waals surface area contributed by atoms with Gasteiger partial charge in [0.2, 0.25) is 0 Å². The average Bonchev–Trinajstić information content (AvgIpc) is 3.31. The van der Waals surface area contributed by atoms with Crippen LogP contribution in [0, 0.1) is 18.8 Å². The zero-order valence-electron chi connectivity index (χ0n) is 20.8. The number of aryl methyl sites for hydroxylation is 2. The second-order valence-electron chi connectivity index (χ2n) is 9.71. The van der Waals surface area contributed by atoms with Crippen LogP contribution in [0.3, 0.4) is 0 Å². The van der Waals surface area contributed by atoms with Crippen molar-refractivity contribution < 1.29 is 22.7 Å². The van der Waals surface area contributed by atoms with Crippen LogP contribution in [-0.4, -0.2) is 69.2 Å². The van der Waals surface area contributed by atoms with Crippen molar-refractivity contribution in [2.75, 3.05) is 26.2 Å². The largest absolute Gasteiger partial charge is 0.460 e. The molecule has 2 aromatic heterocycles. The summed E-state index contributed by atoms with van der Waals surface area (Å²) in [6, 6.07) is 0. The number of carbonyl (C=O) groups excluding carboxylic acids is 1. The van der Waals surface area contributed by atoms with Crippen LogP contribution in [0.1, 0.15) is 54.3 Å². The van der Waals surface area contributed by atoms with Crippen molar-refractivity contribution in [3.05, 3.63) is 22.2 Å². The van der Waals surface area contributed by atoms with Gasteiger partial charge in [-0.05, 0) is 63.8 Å². The van der Waals surface area contributed by atoms with E-state index in [1.807, 2.05) is 13.1 Å². The van der Waals surface area contributed by atoms with E-state index >= 15 is 0 Å². The summed E-state index contributed by atoms with van der Waals surface area (Å²) in [6.07, 6.45) is 4.64. The van der Waals surface area contributed by atoms with Gasteiger partial charge in [0.25, 0.3) is 11.1 Å². The highest BCUT2D eigenvalue weighted by Gasteiger charge is 2.30. The molecule has 0 spiro atoms. The first kappa shape index (κ1) is 26.7. The van der Waals surface area contributed by atoms with Crippen molar-refractivity contribution in [3.8, 4) is 5.19 Å². The highest BCUT2D eigenvalue weighted by molar-refractivity contribution is 7.13. The summed E-state index contributed by atoms with van der Waals surface area (Å²) in [7, 11) is 1.80. The fraction of sp³-hybridized carbons (Fsp3) is 0.708. The molecule has 1 aliphatic carbocycles. The van der Waals surface area contributed by atoms with Gasteiger partial charge >= 0.3 is 6.18 Å². The fourth-order valence-corrected chi connectivity index (χ4v) is 5.72. The zero-order valence-corrected chi connectivity index (χ0v) is 21.6. The lowest BCUT2D eigenvalue weighted by atomic mass is 9.81. The molecule has 0 bridgehead atoms. The molecule has 0 atom stereocenters. The van der Waals surface area contributed by atoms with Crippen LogP contribution in [0.25, 0.3) is 0 Å². The van der Waals surface area contributed by atoms with E-state index in [0.717, 1.165) is 81.0 Å². The Hall–Kier alpha value is -2.34. The van der Waals surface area contributed by atoms with E-state index in [2.05, 4.69) is 25.0 Å². The fourth-order valence-electron chi connectivity index (χ4n) is 4.78. The normalized spacial score (nSPS) is 21.5. The Bertz CT molecular complexity index is 1010. The average molecular weight is 527 g/mol. The Morgan fingerprint density at radius 2 is 1.94 bits per heavy atom. The van der Waals surface area contributed by atoms with E-state index in [1.165, 1.54) is 11.3 Å². The molecule has 2 aromatic rings. The van der Waals surface area contributed by atoms with E-state index in [9.17, 15) is 18.0 Å². The Labute approximate surface area is 213 Å². The summed E-state index contributed by atoms with van der Waals surface area (Å²) in [5.74, 6) is 2.10. The van der Waals surface area contributed by atoms with Crippen LogP contribution >= 0.6 is 11.3 Å². The van der Waals surface area contributed by atoms with Gasteiger partial charge in [-0.2, -0.15) is 18.3 Å². The summed E-state index contributed by atoms with van der Waals surface area (Å²) in [6.45, 7) is 3.33. The minimum atomic E-state index is -4.35. The van der Waals surface area contributed by atoms with Gasteiger partial charge in [-0.15, -0.1) is 0 Å². The molecule has 12 heteroatoms. The molecule has 8 nitrogen and oxygen atoms in total. The van der Waals surface area contributed by atoms with E-state index in [1.54, 1.807) is 11.7 Å². The van der Waals surface area contributed by atoms with E-state index in [0.29, 0.717) is 17.7 Å². The first-order chi connectivity index (χ1) is 17.1. The molecule has 1 fully saturated rings. The minimum Gasteiger partial charge on any atom is -0.460 e. The Balaban J connectivity index is 1.14. The van der Waals surface area contributed by atoms with Crippen molar-refractivity contribution >= 4 is 23.5 Å². The van der Waals surface area contributed by atoms with Gasteiger partial charge in [0.15, 0.2) is 12.4 Å². The molecule has 0 saturated heterocycles. The second-order valence-corrected chi connectivity index (χ2v) is 10.8. The number of halogens is 3. The highest BCUT2D eigenvalue weighted by atomic mass is 32.1. The molecule has 1 aliphatic heterocycles. The minimum absolute atomic E-state index is 0.122. The number of ether oxygens (including phenoxy) is 1. The maximum atomic E-state index is 12.4. The van der Waals surface area contributed by atoms with Gasteiger partial charge in [-0.3, -0.25) is 9.48 Å².